The Morgan fingerprint density at radius 2 is 1.75 bits per heavy atom. The third-order valence-electron chi connectivity index (χ3n) is 4.94. The smallest absolute Gasteiger partial charge is 0.166 e. The molecule has 0 fully saturated rings. The molecule has 0 aliphatic heterocycles. The van der Waals surface area contributed by atoms with Gasteiger partial charge in [0.25, 0.3) is 0 Å². The van der Waals surface area contributed by atoms with E-state index in [1.807, 2.05) is 81.4 Å². The van der Waals surface area contributed by atoms with Crippen LogP contribution < -0.4 is 4.90 Å². The van der Waals surface area contributed by atoms with Crippen LogP contribution in [-0.4, -0.2) is 20.4 Å². The highest BCUT2D eigenvalue weighted by Gasteiger charge is 2.37. The van der Waals surface area contributed by atoms with Crippen molar-refractivity contribution in [3.63, 3.8) is 0 Å². The maximum absolute atomic E-state index is 9.01. The van der Waals surface area contributed by atoms with Crippen molar-refractivity contribution in [2.24, 2.45) is 0 Å². The van der Waals surface area contributed by atoms with Crippen molar-refractivity contribution in [2.45, 2.75) is 32.7 Å². The average Bonchev–Trinajstić information content (AvgIpc) is 2.73. The zero-order valence-electron chi connectivity index (χ0n) is 16.9. The molecule has 0 amide bonds. The van der Waals surface area contributed by atoms with Crippen molar-refractivity contribution >= 4 is 11.8 Å². The summed E-state index contributed by atoms with van der Waals surface area (Å²) in [6.45, 7) is 5.92. The van der Waals surface area contributed by atoms with Crippen molar-refractivity contribution < 1.29 is 9.47 Å². The topological polar surface area (TPSA) is 69.3 Å². The predicted molar refractivity (Wildman–Crippen MR) is 110 cm³/mol. The molecule has 0 saturated heterocycles. The number of methoxy groups -OCH3 is 2. The van der Waals surface area contributed by atoms with Crippen LogP contribution in [0.3, 0.4) is 0 Å². The van der Waals surface area contributed by atoms with Crippen molar-refractivity contribution in [2.75, 3.05) is 19.1 Å². The summed E-state index contributed by atoms with van der Waals surface area (Å²) in [7, 11) is 3.34. The first-order valence-corrected chi connectivity index (χ1v) is 8.96. The van der Waals surface area contributed by atoms with Crippen molar-refractivity contribution in [3.05, 3.63) is 70.8 Å². The first-order valence-electron chi connectivity index (χ1n) is 8.96. The summed E-state index contributed by atoms with van der Waals surface area (Å²) in [6.07, 6.45) is 1.33. The number of rotatable bonds is 7. The van der Waals surface area contributed by atoms with Crippen LogP contribution in [0.2, 0.25) is 0 Å². The van der Waals surface area contributed by atoms with Gasteiger partial charge in [-0.2, -0.15) is 10.5 Å². The van der Waals surface area contributed by atoms with Crippen LogP contribution in [0.15, 0.2) is 54.1 Å². The Hall–Kier alpha value is -3.12. The molecule has 28 heavy (non-hydrogen) atoms. The highest BCUT2D eigenvalue weighted by molar-refractivity contribution is 5.67. The van der Waals surface area contributed by atoms with Gasteiger partial charge in [0.1, 0.15) is 23.9 Å². The Bertz CT molecular complexity index is 909. The van der Waals surface area contributed by atoms with E-state index in [2.05, 4.69) is 4.90 Å². The predicted octanol–water partition coefficient (Wildman–Crippen LogP) is 4.74. The Labute approximate surface area is 167 Å². The first kappa shape index (κ1) is 21.2. The molecule has 0 radical (unpaired) electrons. The van der Waals surface area contributed by atoms with Crippen LogP contribution in [0, 0.1) is 29.6 Å². The van der Waals surface area contributed by atoms with E-state index in [4.69, 9.17) is 20.0 Å². The standard InChI is InChI=1S/C23H25N3O2/c1-17-13-22(12-11-20(17)14-19(15-24)16-25)26(18(2)27-4)23(3,28-5)21-9-7-6-8-10-21/h6-14,18H,1-5H3. The molecule has 0 spiro atoms. The SMILES string of the molecule is COC(C)N(c1ccc(C=C(C#N)C#N)c(C)c1)C(C)(OC)c1ccccc1. The maximum Gasteiger partial charge on any atom is 0.166 e. The van der Waals surface area contributed by atoms with E-state index in [9.17, 15) is 0 Å². The number of hydrogen-bond donors (Lipinski definition) is 0. The van der Waals surface area contributed by atoms with Crippen molar-refractivity contribution in [1.82, 2.24) is 0 Å². The van der Waals surface area contributed by atoms with Gasteiger partial charge in [-0.25, -0.2) is 0 Å². The second kappa shape index (κ2) is 9.19. The van der Waals surface area contributed by atoms with E-state index < -0.39 is 5.72 Å². The molecule has 2 rings (SSSR count). The lowest BCUT2D eigenvalue weighted by molar-refractivity contribution is -0.0398. The van der Waals surface area contributed by atoms with Gasteiger partial charge in [0.05, 0.1) is 0 Å². The number of nitriles is 2. The lowest BCUT2D eigenvalue weighted by atomic mass is 9.99. The molecule has 0 aromatic heterocycles. The van der Waals surface area contributed by atoms with Crippen LogP contribution in [-0.2, 0) is 15.2 Å². The Morgan fingerprint density at radius 1 is 1.11 bits per heavy atom. The third-order valence-corrected chi connectivity index (χ3v) is 4.94. The molecule has 2 aromatic carbocycles. The van der Waals surface area contributed by atoms with Crippen LogP contribution in [0.1, 0.15) is 30.5 Å². The molecular weight excluding hydrogens is 350 g/mol. The molecule has 2 aromatic rings. The molecule has 144 valence electrons. The number of aryl methyl sites for hydroxylation is 1. The molecule has 0 aliphatic rings. The minimum atomic E-state index is -0.759. The van der Waals surface area contributed by atoms with Gasteiger partial charge in [-0.15, -0.1) is 0 Å². The van der Waals surface area contributed by atoms with Crippen molar-refractivity contribution in [1.29, 1.82) is 10.5 Å². The Morgan fingerprint density at radius 3 is 2.25 bits per heavy atom. The van der Waals surface area contributed by atoms with E-state index in [1.165, 1.54) is 0 Å². The van der Waals surface area contributed by atoms with Crippen molar-refractivity contribution in [3.8, 4) is 12.1 Å². The number of hydrogen-bond acceptors (Lipinski definition) is 5. The molecule has 0 saturated carbocycles. The summed E-state index contributed by atoms with van der Waals surface area (Å²) in [5, 5.41) is 18.0. The fourth-order valence-electron chi connectivity index (χ4n) is 3.23. The Balaban J connectivity index is 2.59. The number of nitrogens with zero attached hydrogens (tertiary/aromatic N) is 3. The van der Waals surface area contributed by atoms with Crippen LogP contribution in [0.25, 0.3) is 6.08 Å². The van der Waals surface area contributed by atoms with Crippen LogP contribution in [0.5, 0.6) is 0 Å². The first-order chi connectivity index (χ1) is 13.4. The van der Waals surface area contributed by atoms with Gasteiger partial charge in [0.15, 0.2) is 5.72 Å². The lowest BCUT2D eigenvalue weighted by Gasteiger charge is -2.45. The quantitative estimate of drug-likeness (QED) is 0.516. The molecule has 0 heterocycles. The van der Waals surface area contributed by atoms with E-state index >= 15 is 0 Å². The fourth-order valence-corrected chi connectivity index (χ4v) is 3.23. The molecular formula is C23H25N3O2. The van der Waals surface area contributed by atoms with Gasteiger partial charge in [-0.3, -0.25) is 0 Å². The molecule has 0 N–H and O–H groups in total. The van der Waals surface area contributed by atoms with Crippen LogP contribution >= 0.6 is 0 Å². The van der Waals surface area contributed by atoms with Gasteiger partial charge >= 0.3 is 0 Å². The summed E-state index contributed by atoms with van der Waals surface area (Å²) in [5.74, 6) is 0. The lowest BCUT2D eigenvalue weighted by Crippen LogP contribution is -2.51. The minimum Gasteiger partial charge on any atom is -0.362 e. The summed E-state index contributed by atoms with van der Waals surface area (Å²) < 4.78 is 11.6. The zero-order valence-corrected chi connectivity index (χ0v) is 16.9. The van der Waals surface area contributed by atoms with Gasteiger partial charge in [-0.05, 0) is 50.1 Å². The highest BCUT2D eigenvalue weighted by atomic mass is 16.5. The molecule has 2 unspecified atom stereocenters. The summed E-state index contributed by atoms with van der Waals surface area (Å²) in [5.41, 5.74) is 2.99. The normalized spacial score (nSPS) is 13.5. The van der Waals surface area contributed by atoms with Gasteiger partial charge in [0, 0.05) is 25.5 Å². The van der Waals surface area contributed by atoms with E-state index in [0.29, 0.717) is 0 Å². The highest BCUT2D eigenvalue weighted by Crippen LogP contribution is 2.36. The second-order valence-electron chi connectivity index (χ2n) is 6.58. The second-order valence-corrected chi connectivity index (χ2v) is 6.58. The number of ether oxygens (including phenoxy) is 2. The molecule has 5 heteroatoms. The van der Waals surface area contributed by atoms with Crippen LogP contribution in [0.4, 0.5) is 5.69 Å². The number of allylic oxidation sites excluding steroid dienone is 1. The average molecular weight is 375 g/mol. The fraction of sp³-hybridized carbons (Fsp3) is 0.304. The van der Waals surface area contributed by atoms with E-state index in [0.717, 1.165) is 22.4 Å². The third kappa shape index (κ3) is 4.23. The van der Waals surface area contributed by atoms with Gasteiger partial charge in [0.2, 0.25) is 0 Å². The molecule has 2 atom stereocenters. The molecule has 0 aliphatic carbocycles. The molecule has 0 bridgehead atoms. The van der Waals surface area contributed by atoms with Gasteiger partial charge < -0.3 is 14.4 Å². The summed E-state index contributed by atoms with van der Waals surface area (Å²) in [6, 6.07) is 19.6. The van der Waals surface area contributed by atoms with Gasteiger partial charge in [-0.1, -0.05) is 36.4 Å². The maximum atomic E-state index is 9.01. The summed E-state index contributed by atoms with van der Waals surface area (Å²) >= 11 is 0. The van der Waals surface area contributed by atoms with E-state index in [1.54, 1.807) is 20.3 Å². The van der Waals surface area contributed by atoms with E-state index in [-0.39, 0.29) is 11.8 Å². The minimum absolute atomic E-state index is 0.0731. The monoisotopic (exact) mass is 375 g/mol. The molecule has 5 nitrogen and oxygen atoms in total. The Kier molecular flexibility index (Phi) is 6.95. The largest absolute Gasteiger partial charge is 0.362 e. The zero-order chi connectivity index (χ0) is 20.7. The number of anilines is 1. The summed E-state index contributed by atoms with van der Waals surface area (Å²) in [4.78, 5) is 2.07. The number of benzene rings is 2.